The summed E-state index contributed by atoms with van der Waals surface area (Å²) in [6, 6.07) is 7.24. The van der Waals surface area contributed by atoms with Crippen LogP contribution in [0.15, 0.2) is 30.3 Å². The minimum atomic E-state index is -4.56. The summed E-state index contributed by atoms with van der Waals surface area (Å²) in [5, 5.41) is 2.46. The SMILES string of the molecule is C[C@@H]1[C@H](NC(=O)Cc2ccccc2)C(=O)N1S(=O)(=O)O. The van der Waals surface area contributed by atoms with Crippen LogP contribution in [0.25, 0.3) is 0 Å². The van der Waals surface area contributed by atoms with E-state index in [2.05, 4.69) is 5.32 Å². The first-order valence-corrected chi connectivity index (χ1v) is 7.34. The topological polar surface area (TPSA) is 104 Å². The highest BCUT2D eigenvalue weighted by Crippen LogP contribution is 2.22. The van der Waals surface area contributed by atoms with Gasteiger partial charge in [0.1, 0.15) is 6.04 Å². The van der Waals surface area contributed by atoms with Crippen LogP contribution in [0.5, 0.6) is 0 Å². The Balaban J connectivity index is 1.96. The van der Waals surface area contributed by atoms with Crippen LogP contribution in [0.4, 0.5) is 0 Å². The zero-order valence-corrected chi connectivity index (χ0v) is 11.5. The van der Waals surface area contributed by atoms with Gasteiger partial charge >= 0.3 is 10.3 Å². The number of carbonyl (C=O) groups is 2. The zero-order chi connectivity index (χ0) is 14.9. The lowest BCUT2D eigenvalue weighted by Gasteiger charge is -2.42. The largest absolute Gasteiger partial charge is 0.362 e. The molecule has 0 aromatic heterocycles. The number of hydrogen-bond acceptors (Lipinski definition) is 4. The highest BCUT2D eigenvalue weighted by atomic mass is 32.2. The Kier molecular flexibility index (Phi) is 3.78. The molecule has 1 heterocycles. The number of carbonyl (C=O) groups excluding carboxylic acids is 2. The van der Waals surface area contributed by atoms with Crippen molar-refractivity contribution in [1.29, 1.82) is 0 Å². The molecule has 0 bridgehead atoms. The molecule has 1 fully saturated rings. The Labute approximate surface area is 116 Å². The van der Waals surface area contributed by atoms with Gasteiger partial charge < -0.3 is 5.32 Å². The molecule has 8 heteroatoms. The van der Waals surface area contributed by atoms with Crippen LogP contribution in [0.2, 0.25) is 0 Å². The van der Waals surface area contributed by atoms with Crippen molar-refractivity contribution in [3.05, 3.63) is 35.9 Å². The van der Waals surface area contributed by atoms with Crippen LogP contribution in [-0.4, -0.2) is 41.2 Å². The van der Waals surface area contributed by atoms with Crippen LogP contribution in [0, 0.1) is 0 Å². The lowest BCUT2D eigenvalue weighted by atomic mass is 10.0. The molecule has 0 unspecified atom stereocenters. The Morgan fingerprint density at radius 3 is 2.45 bits per heavy atom. The lowest BCUT2D eigenvalue weighted by molar-refractivity contribution is -0.144. The Hall–Kier alpha value is -1.93. The smallest absolute Gasteiger partial charge is 0.342 e. The molecule has 20 heavy (non-hydrogen) atoms. The van der Waals surface area contributed by atoms with E-state index in [1.54, 1.807) is 24.3 Å². The van der Waals surface area contributed by atoms with Gasteiger partial charge in [0, 0.05) is 0 Å². The average Bonchev–Trinajstić information content (AvgIpc) is 2.36. The maximum Gasteiger partial charge on any atom is 0.362 e. The van der Waals surface area contributed by atoms with Gasteiger partial charge in [0.05, 0.1) is 12.5 Å². The molecule has 2 N–H and O–H groups in total. The zero-order valence-electron chi connectivity index (χ0n) is 10.7. The maximum absolute atomic E-state index is 11.8. The number of nitrogens with one attached hydrogen (secondary N) is 1. The highest BCUT2D eigenvalue weighted by molar-refractivity contribution is 7.84. The predicted octanol–water partition coefficient (Wildman–Crippen LogP) is -0.253. The summed E-state index contributed by atoms with van der Waals surface area (Å²) in [7, 11) is -4.56. The first kappa shape index (κ1) is 14.5. The first-order chi connectivity index (χ1) is 9.30. The fraction of sp³-hybridized carbons (Fsp3) is 0.333. The minimum Gasteiger partial charge on any atom is -0.342 e. The van der Waals surface area contributed by atoms with Gasteiger partial charge in [-0.25, -0.2) is 4.31 Å². The summed E-state index contributed by atoms with van der Waals surface area (Å²) < 4.78 is 31.0. The Morgan fingerprint density at radius 1 is 1.35 bits per heavy atom. The van der Waals surface area contributed by atoms with E-state index < -0.39 is 28.3 Å². The van der Waals surface area contributed by atoms with E-state index >= 15 is 0 Å². The number of nitrogens with zero attached hydrogens (tertiary/aromatic N) is 1. The highest BCUT2D eigenvalue weighted by Gasteiger charge is 2.51. The molecule has 1 saturated heterocycles. The second-order valence-electron chi connectivity index (χ2n) is 4.56. The molecule has 2 amide bonds. The number of benzene rings is 1. The second kappa shape index (κ2) is 5.22. The third-order valence-electron chi connectivity index (χ3n) is 3.11. The number of β-lactam (4-membered cyclic amide) rings is 1. The van der Waals surface area contributed by atoms with Gasteiger partial charge in [0.15, 0.2) is 0 Å². The van der Waals surface area contributed by atoms with Crippen molar-refractivity contribution in [3.8, 4) is 0 Å². The normalized spacial score (nSPS) is 22.3. The third-order valence-corrected chi connectivity index (χ3v) is 4.12. The molecule has 2 rings (SSSR count). The van der Waals surface area contributed by atoms with Crippen LogP contribution in [0.3, 0.4) is 0 Å². The summed E-state index contributed by atoms with van der Waals surface area (Å²) >= 11 is 0. The fourth-order valence-electron chi connectivity index (χ4n) is 2.11. The van der Waals surface area contributed by atoms with Crippen LogP contribution in [-0.2, 0) is 26.3 Å². The van der Waals surface area contributed by atoms with Crippen molar-refractivity contribution >= 4 is 22.1 Å². The summed E-state index contributed by atoms with van der Waals surface area (Å²) in [6.45, 7) is 1.43. The van der Waals surface area contributed by atoms with E-state index in [0.29, 0.717) is 4.31 Å². The van der Waals surface area contributed by atoms with Gasteiger partial charge in [-0.05, 0) is 12.5 Å². The average molecular weight is 298 g/mol. The summed E-state index contributed by atoms with van der Waals surface area (Å²) in [4.78, 5) is 23.3. The molecule has 1 aromatic carbocycles. The van der Waals surface area contributed by atoms with Gasteiger partial charge in [0.2, 0.25) is 5.91 Å². The van der Waals surface area contributed by atoms with E-state index in [1.807, 2.05) is 6.07 Å². The summed E-state index contributed by atoms with van der Waals surface area (Å²) in [6.07, 6.45) is 0.100. The monoisotopic (exact) mass is 298 g/mol. The van der Waals surface area contributed by atoms with Gasteiger partial charge in [-0.1, -0.05) is 30.3 Å². The fourth-order valence-corrected chi connectivity index (χ4v) is 2.99. The molecule has 1 aliphatic rings. The van der Waals surface area contributed by atoms with E-state index in [9.17, 15) is 18.0 Å². The van der Waals surface area contributed by atoms with Gasteiger partial charge in [-0.15, -0.1) is 0 Å². The Bertz CT molecular complexity index is 629. The molecule has 0 aliphatic carbocycles. The van der Waals surface area contributed by atoms with Crippen molar-refractivity contribution in [2.75, 3.05) is 0 Å². The number of hydrogen-bond donors (Lipinski definition) is 2. The first-order valence-electron chi connectivity index (χ1n) is 5.94. The molecular weight excluding hydrogens is 284 g/mol. The van der Waals surface area contributed by atoms with Crippen LogP contribution in [0.1, 0.15) is 12.5 Å². The van der Waals surface area contributed by atoms with Crippen LogP contribution >= 0.6 is 0 Å². The number of rotatable bonds is 4. The second-order valence-corrected chi connectivity index (χ2v) is 5.85. The quantitative estimate of drug-likeness (QED) is 0.589. The molecular formula is C12H14N2O5S. The molecule has 0 radical (unpaired) electrons. The Morgan fingerprint density at radius 2 is 1.95 bits per heavy atom. The minimum absolute atomic E-state index is 0.100. The molecule has 108 valence electrons. The standard InChI is InChI=1S/C12H14N2O5S/c1-8-11(12(16)14(8)20(17,18)19)13-10(15)7-9-5-3-2-4-6-9/h2-6,8,11H,7H2,1H3,(H,13,15)(H,17,18,19)/t8-,11+/m1/s1. The van der Waals surface area contributed by atoms with Crippen molar-refractivity contribution in [3.63, 3.8) is 0 Å². The van der Waals surface area contributed by atoms with E-state index in [1.165, 1.54) is 6.92 Å². The van der Waals surface area contributed by atoms with Crippen molar-refractivity contribution in [2.24, 2.45) is 0 Å². The molecule has 1 aliphatic heterocycles. The maximum atomic E-state index is 11.8. The van der Waals surface area contributed by atoms with E-state index in [4.69, 9.17) is 4.55 Å². The third kappa shape index (κ3) is 2.81. The van der Waals surface area contributed by atoms with Crippen LogP contribution < -0.4 is 5.32 Å². The predicted molar refractivity (Wildman–Crippen MR) is 69.9 cm³/mol. The summed E-state index contributed by atoms with van der Waals surface area (Å²) in [5.41, 5.74) is 0.788. The molecule has 0 spiro atoms. The van der Waals surface area contributed by atoms with E-state index in [-0.39, 0.29) is 12.3 Å². The van der Waals surface area contributed by atoms with Crippen molar-refractivity contribution in [2.45, 2.75) is 25.4 Å². The summed E-state index contributed by atoms with van der Waals surface area (Å²) in [5.74, 6) is -1.21. The molecule has 1 aromatic rings. The molecule has 2 atom stereocenters. The van der Waals surface area contributed by atoms with Gasteiger partial charge in [0.25, 0.3) is 5.91 Å². The number of amides is 2. The molecule has 0 saturated carbocycles. The van der Waals surface area contributed by atoms with Crippen molar-refractivity contribution < 1.29 is 22.6 Å². The van der Waals surface area contributed by atoms with E-state index in [0.717, 1.165) is 5.56 Å². The molecule has 7 nitrogen and oxygen atoms in total. The lowest BCUT2D eigenvalue weighted by Crippen LogP contribution is -2.70. The van der Waals surface area contributed by atoms with Gasteiger partial charge in [-0.2, -0.15) is 8.42 Å². The van der Waals surface area contributed by atoms with Crippen molar-refractivity contribution in [1.82, 2.24) is 9.62 Å². The van der Waals surface area contributed by atoms with Gasteiger partial charge in [-0.3, -0.25) is 14.1 Å².